The van der Waals surface area contributed by atoms with Crippen molar-refractivity contribution < 1.29 is 74.5 Å². The minimum atomic E-state index is -1.04. The SMILES string of the molecule is [Cl-].[Cl][Ni]([Cl])[Cl].[K+]. The molecule has 6 heavy (non-hydrogen) atoms. The van der Waals surface area contributed by atoms with Gasteiger partial charge in [0.25, 0.3) is 0 Å². The first-order valence-electron chi connectivity index (χ1n) is 0.359. The Hall–Kier alpha value is 3.29. The average Bonchev–Trinajstić information content (AvgIpc) is 0.811. The largest absolute Gasteiger partial charge is 1.00 e. The third-order valence-corrected chi connectivity index (χ3v) is 0. The molecule has 0 saturated carbocycles. The third kappa shape index (κ3) is 26.6. The molecular weight excluding hydrogens is 240 g/mol. The first kappa shape index (κ1) is 16.1. The van der Waals surface area contributed by atoms with Gasteiger partial charge in [-0.2, -0.15) is 0 Å². The Morgan fingerprint density at radius 1 is 1.00 bits per heavy atom. The zero-order chi connectivity index (χ0) is 3.58. The normalized spacial score (nSPS) is 7.50. The molecule has 0 bridgehead atoms. The van der Waals surface area contributed by atoms with E-state index in [1.807, 2.05) is 0 Å². The summed E-state index contributed by atoms with van der Waals surface area (Å²) in [5.74, 6) is 0. The van der Waals surface area contributed by atoms with E-state index in [0.29, 0.717) is 0 Å². The van der Waals surface area contributed by atoms with Crippen LogP contribution in [0.25, 0.3) is 0 Å². The second-order valence-electron chi connectivity index (χ2n) is 0.136. The fourth-order valence-corrected chi connectivity index (χ4v) is 0. The van der Waals surface area contributed by atoms with Crippen LogP contribution < -0.4 is 63.8 Å². The Labute approximate surface area is 103 Å². The molecule has 0 atom stereocenters. The van der Waals surface area contributed by atoms with Gasteiger partial charge in [-0.25, -0.2) is 0 Å². The van der Waals surface area contributed by atoms with Crippen molar-refractivity contribution in [1.29, 1.82) is 0 Å². The summed E-state index contributed by atoms with van der Waals surface area (Å²) in [6.45, 7) is 0. The molecule has 0 N–H and O–H groups in total. The fourth-order valence-electron chi connectivity index (χ4n) is 0. The van der Waals surface area contributed by atoms with Crippen molar-refractivity contribution in [3.8, 4) is 0 Å². The van der Waals surface area contributed by atoms with E-state index in [1.165, 1.54) is 0 Å². The molecule has 0 fully saturated rings. The monoisotopic (exact) mass is 237 g/mol. The maximum Gasteiger partial charge on any atom is 1.00 e. The molecule has 0 aromatic rings. The maximum absolute atomic E-state index is 4.85. The van der Waals surface area contributed by atoms with E-state index in [9.17, 15) is 0 Å². The van der Waals surface area contributed by atoms with Crippen LogP contribution >= 0.6 is 30.6 Å². The van der Waals surface area contributed by atoms with Crippen molar-refractivity contribution in [2.45, 2.75) is 0 Å². The molecule has 0 heterocycles. The minimum Gasteiger partial charge on any atom is 1.00 e. The van der Waals surface area contributed by atoms with E-state index in [4.69, 9.17) is 30.6 Å². The Kier molecular flexibility index (Phi) is 29.9. The van der Waals surface area contributed by atoms with Gasteiger partial charge in [0.2, 0.25) is 0 Å². The molecule has 0 radical (unpaired) electrons. The van der Waals surface area contributed by atoms with Gasteiger partial charge in [-0.1, -0.05) is 0 Å². The summed E-state index contributed by atoms with van der Waals surface area (Å²) >= 11 is 0. The summed E-state index contributed by atoms with van der Waals surface area (Å²) in [5.41, 5.74) is 0. The van der Waals surface area contributed by atoms with Gasteiger partial charge >= 0.3 is 92.7 Å². The quantitative estimate of drug-likeness (QED) is 0.379. The van der Waals surface area contributed by atoms with Crippen molar-refractivity contribution >= 4 is 30.6 Å². The van der Waals surface area contributed by atoms with Crippen LogP contribution in [0.3, 0.4) is 0 Å². The Morgan fingerprint density at radius 3 is 1.00 bits per heavy atom. The fraction of sp³-hybridized carbons (Fsp3) is 0. The van der Waals surface area contributed by atoms with Gasteiger partial charge in [-0.3, -0.25) is 0 Å². The van der Waals surface area contributed by atoms with Crippen LogP contribution in [0, 0.1) is 0 Å². The summed E-state index contributed by atoms with van der Waals surface area (Å²) < 4.78 is 0. The molecule has 0 aromatic heterocycles. The minimum absolute atomic E-state index is 0. The second-order valence-corrected chi connectivity index (χ2v) is 5.03. The molecule has 0 aromatic carbocycles. The van der Waals surface area contributed by atoms with Gasteiger partial charge in [0.05, 0.1) is 0 Å². The molecule has 0 aliphatic heterocycles. The zero-order valence-corrected chi connectivity index (χ0v) is 9.96. The molecule has 0 aliphatic carbocycles. The zero-order valence-electron chi connectivity index (χ0n) is 2.83. The first-order valence-corrected chi connectivity index (χ1v) is 4.44. The average molecular weight is 240 g/mol. The van der Waals surface area contributed by atoms with Crippen molar-refractivity contribution in [3.63, 3.8) is 0 Å². The van der Waals surface area contributed by atoms with Crippen molar-refractivity contribution in [3.05, 3.63) is 0 Å². The summed E-state index contributed by atoms with van der Waals surface area (Å²) in [5, 5.41) is 0. The van der Waals surface area contributed by atoms with Crippen molar-refractivity contribution in [2.24, 2.45) is 0 Å². The Morgan fingerprint density at radius 2 is 1.00 bits per heavy atom. The van der Waals surface area contributed by atoms with Gasteiger partial charge < -0.3 is 12.4 Å². The number of hydrogen-bond donors (Lipinski definition) is 0. The topological polar surface area (TPSA) is 0 Å². The smallest absolute Gasteiger partial charge is 1.00 e. The predicted molar refractivity (Wildman–Crippen MR) is 17.6 cm³/mol. The van der Waals surface area contributed by atoms with E-state index in [0.717, 1.165) is 0 Å². The summed E-state index contributed by atoms with van der Waals surface area (Å²) in [4.78, 5) is 0. The Balaban J connectivity index is -0.0000000450. The van der Waals surface area contributed by atoms with Gasteiger partial charge in [-0.15, -0.1) is 0 Å². The van der Waals surface area contributed by atoms with Crippen LogP contribution in [0.5, 0.6) is 0 Å². The van der Waals surface area contributed by atoms with Crippen LogP contribution in [-0.2, 0) is 10.7 Å². The van der Waals surface area contributed by atoms with Crippen LogP contribution in [-0.4, -0.2) is 0 Å². The van der Waals surface area contributed by atoms with E-state index in [1.54, 1.807) is 0 Å². The van der Waals surface area contributed by atoms with Crippen LogP contribution in [0.15, 0.2) is 0 Å². The molecule has 0 nitrogen and oxygen atoms in total. The molecular formula is Cl4KNi. The molecule has 0 aliphatic rings. The van der Waals surface area contributed by atoms with E-state index < -0.39 is 10.7 Å². The van der Waals surface area contributed by atoms with Crippen molar-refractivity contribution in [1.82, 2.24) is 0 Å². The molecule has 0 saturated heterocycles. The summed E-state index contributed by atoms with van der Waals surface area (Å²) in [6.07, 6.45) is 0. The standard InChI is InChI=1S/4ClH.K.Ni/h4*1H;;/q;;;;+1;+3/p-4. The molecule has 0 rings (SSSR count). The Bertz CT molecular complexity index is 12.3. The van der Waals surface area contributed by atoms with Gasteiger partial charge in [-0.05, 0) is 0 Å². The number of halogens is 4. The molecule has 6 heteroatoms. The molecule has 0 unspecified atom stereocenters. The van der Waals surface area contributed by atoms with Crippen LogP contribution in [0.1, 0.15) is 0 Å². The van der Waals surface area contributed by atoms with E-state index >= 15 is 0 Å². The van der Waals surface area contributed by atoms with E-state index in [-0.39, 0.29) is 63.8 Å². The molecule has 39 valence electrons. The summed E-state index contributed by atoms with van der Waals surface area (Å²) in [6, 6.07) is 0. The summed E-state index contributed by atoms with van der Waals surface area (Å²) in [7, 11) is 13.5. The van der Waals surface area contributed by atoms with Gasteiger partial charge in [0.1, 0.15) is 0 Å². The van der Waals surface area contributed by atoms with Crippen molar-refractivity contribution in [2.75, 3.05) is 0 Å². The predicted octanol–water partition coefficient (Wildman–Crippen LogP) is -3.93. The second kappa shape index (κ2) is 11.1. The van der Waals surface area contributed by atoms with Crippen LogP contribution in [0.4, 0.5) is 0 Å². The molecule has 0 spiro atoms. The van der Waals surface area contributed by atoms with E-state index in [2.05, 4.69) is 0 Å². The molecule has 0 amide bonds. The van der Waals surface area contributed by atoms with Gasteiger partial charge in [0, 0.05) is 0 Å². The van der Waals surface area contributed by atoms with Crippen LogP contribution in [0.2, 0.25) is 0 Å². The number of rotatable bonds is 0. The maximum atomic E-state index is 4.85. The number of hydrogen-bond acceptors (Lipinski definition) is 0. The van der Waals surface area contributed by atoms with Gasteiger partial charge in [0.15, 0.2) is 0 Å². The third-order valence-electron chi connectivity index (χ3n) is 0. The first-order chi connectivity index (χ1) is 1.73.